The molecule has 1 amide bonds. The number of carboxylic acid groups (broad SMARTS) is 1. The maximum Gasteiger partial charge on any atom is 0.405 e. The third kappa shape index (κ3) is 1.87. The molecule has 0 aromatic carbocycles. The summed E-state index contributed by atoms with van der Waals surface area (Å²) in [6, 6.07) is -0.125. The second-order valence-electron chi connectivity index (χ2n) is 3.49. The average Bonchev–Trinajstić information content (AvgIpc) is 1.92. The maximum atomic E-state index is 10.4. The quantitative estimate of drug-likeness (QED) is 0.625. The summed E-state index contributed by atoms with van der Waals surface area (Å²) in [6.07, 6.45) is 6.65. The lowest BCUT2D eigenvalue weighted by atomic mass is 9.81. The van der Waals surface area contributed by atoms with E-state index < -0.39 is 6.09 Å². The molecule has 3 nitrogen and oxygen atoms in total. The summed E-state index contributed by atoms with van der Waals surface area (Å²) in [4.78, 5) is 10.4. The van der Waals surface area contributed by atoms with E-state index in [9.17, 15) is 4.79 Å². The van der Waals surface area contributed by atoms with Crippen LogP contribution in [0.1, 0.15) is 13.8 Å². The first-order chi connectivity index (χ1) is 5.52. The second-order valence-corrected chi connectivity index (χ2v) is 3.49. The summed E-state index contributed by atoms with van der Waals surface area (Å²) in [5.41, 5.74) is -0.132. The summed E-state index contributed by atoms with van der Waals surface area (Å²) < 4.78 is 0. The normalized spacial score (nSPS) is 25.3. The van der Waals surface area contributed by atoms with E-state index >= 15 is 0 Å². The van der Waals surface area contributed by atoms with Gasteiger partial charge in [0.1, 0.15) is 0 Å². The molecule has 0 aliphatic heterocycles. The van der Waals surface area contributed by atoms with Gasteiger partial charge in [-0.3, -0.25) is 0 Å². The molecule has 3 heteroatoms. The standard InChI is InChI=1S/C9H13NO2/c1-9(2)6-4-3-5-7(9)10-8(11)12/h3-7,10H,1-2H3,(H,11,12). The van der Waals surface area contributed by atoms with Crippen molar-refractivity contribution in [1.29, 1.82) is 0 Å². The van der Waals surface area contributed by atoms with Gasteiger partial charge >= 0.3 is 6.09 Å². The van der Waals surface area contributed by atoms with E-state index in [1.807, 2.05) is 38.2 Å². The lowest BCUT2D eigenvalue weighted by molar-refractivity contribution is 0.185. The summed E-state index contributed by atoms with van der Waals surface area (Å²) in [5, 5.41) is 11.0. The summed E-state index contributed by atoms with van der Waals surface area (Å²) >= 11 is 0. The monoisotopic (exact) mass is 167 g/mol. The van der Waals surface area contributed by atoms with Gasteiger partial charge in [0, 0.05) is 5.41 Å². The first kappa shape index (κ1) is 8.84. The van der Waals surface area contributed by atoms with Crippen molar-refractivity contribution in [1.82, 2.24) is 5.32 Å². The van der Waals surface area contributed by atoms with Crippen LogP contribution in [0.3, 0.4) is 0 Å². The minimum Gasteiger partial charge on any atom is -0.465 e. The van der Waals surface area contributed by atoms with Gasteiger partial charge in [-0.05, 0) is 0 Å². The number of rotatable bonds is 1. The Balaban J connectivity index is 2.70. The van der Waals surface area contributed by atoms with Gasteiger partial charge in [-0.1, -0.05) is 38.2 Å². The fourth-order valence-electron chi connectivity index (χ4n) is 1.20. The zero-order chi connectivity index (χ0) is 9.19. The van der Waals surface area contributed by atoms with Crippen LogP contribution in [0.2, 0.25) is 0 Å². The number of nitrogens with one attached hydrogen (secondary N) is 1. The van der Waals surface area contributed by atoms with Gasteiger partial charge in [-0.15, -0.1) is 0 Å². The van der Waals surface area contributed by atoms with Crippen LogP contribution in [0.15, 0.2) is 24.3 Å². The molecule has 0 heterocycles. The molecule has 12 heavy (non-hydrogen) atoms. The SMILES string of the molecule is CC1(C)C=CC=CC1NC(=O)O. The molecule has 1 unspecified atom stereocenters. The third-order valence-electron chi connectivity index (χ3n) is 2.02. The summed E-state index contributed by atoms with van der Waals surface area (Å²) in [7, 11) is 0. The highest BCUT2D eigenvalue weighted by atomic mass is 16.4. The van der Waals surface area contributed by atoms with E-state index in [1.165, 1.54) is 0 Å². The molecule has 0 aromatic rings. The predicted octanol–water partition coefficient (Wildman–Crippen LogP) is 1.77. The van der Waals surface area contributed by atoms with Crippen molar-refractivity contribution in [2.75, 3.05) is 0 Å². The Bertz CT molecular complexity index is 241. The second kappa shape index (κ2) is 3.01. The fourth-order valence-corrected chi connectivity index (χ4v) is 1.20. The Hall–Kier alpha value is -1.25. The molecular formula is C9H13NO2. The van der Waals surface area contributed by atoms with E-state index in [2.05, 4.69) is 5.32 Å². The molecule has 0 saturated carbocycles. The van der Waals surface area contributed by atoms with E-state index in [4.69, 9.17) is 5.11 Å². The molecule has 1 aliphatic rings. The molecule has 0 saturated heterocycles. The molecule has 66 valence electrons. The number of amides is 1. The molecule has 0 bridgehead atoms. The summed E-state index contributed by atoms with van der Waals surface area (Å²) in [6.45, 7) is 3.99. The number of allylic oxidation sites excluding steroid dienone is 2. The van der Waals surface area contributed by atoms with Crippen LogP contribution in [-0.2, 0) is 0 Å². The third-order valence-corrected chi connectivity index (χ3v) is 2.02. The van der Waals surface area contributed by atoms with Gasteiger partial charge in [-0.25, -0.2) is 4.79 Å². The average molecular weight is 167 g/mol. The minimum absolute atomic E-state index is 0.125. The van der Waals surface area contributed by atoms with E-state index in [-0.39, 0.29) is 11.5 Å². The first-order valence-electron chi connectivity index (χ1n) is 3.88. The van der Waals surface area contributed by atoms with Crippen molar-refractivity contribution in [2.45, 2.75) is 19.9 Å². The zero-order valence-corrected chi connectivity index (χ0v) is 7.24. The Kier molecular flexibility index (Phi) is 2.22. The molecule has 0 aromatic heterocycles. The van der Waals surface area contributed by atoms with Crippen molar-refractivity contribution in [3.8, 4) is 0 Å². The van der Waals surface area contributed by atoms with Crippen molar-refractivity contribution in [2.24, 2.45) is 5.41 Å². The van der Waals surface area contributed by atoms with E-state index in [1.54, 1.807) is 0 Å². The van der Waals surface area contributed by atoms with Gasteiger partial charge in [-0.2, -0.15) is 0 Å². The van der Waals surface area contributed by atoms with Crippen LogP contribution in [0.4, 0.5) is 4.79 Å². The highest BCUT2D eigenvalue weighted by Crippen LogP contribution is 2.26. The van der Waals surface area contributed by atoms with Crippen molar-refractivity contribution < 1.29 is 9.90 Å². The number of hydrogen-bond donors (Lipinski definition) is 2. The van der Waals surface area contributed by atoms with Gasteiger partial charge in [0.05, 0.1) is 6.04 Å². The van der Waals surface area contributed by atoms with E-state index in [0.717, 1.165) is 0 Å². The largest absolute Gasteiger partial charge is 0.465 e. The fraction of sp³-hybridized carbons (Fsp3) is 0.444. The summed E-state index contributed by atoms with van der Waals surface area (Å²) in [5.74, 6) is 0. The highest BCUT2D eigenvalue weighted by Gasteiger charge is 2.27. The first-order valence-corrected chi connectivity index (χ1v) is 3.88. The molecule has 1 atom stereocenters. The molecule has 0 radical (unpaired) electrons. The molecule has 2 N–H and O–H groups in total. The molecule has 1 aliphatic carbocycles. The lowest BCUT2D eigenvalue weighted by Crippen LogP contribution is -2.42. The zero-order valence-electron chi connectivity index (χ0n) is 7.24. The number of hydrogen-bond acceptors (Lipinski definition) is 1. The van der Waals surface area contributed by atoms with Gasteiger partial charge in [0.25, 0.3) is 0 Å². The smallest absolute Gasteiger partial charge is 0.405 e. The lowest BCUT2D eigenvalue weighted by Gasteiger charge is -2.30. The molecule has 0 spiro atoms. The Morgan fingerprint density at radius 3 is 2.67 bits per heavy atom. The van der Waals surface area contributed by atoms with Crippen LogP contribution >= 0.6 is 0 Å². The van der Waals surface area contributed by atoms with Crippen LogP contribution in [0.5, 0.6) is 0 Å². The Morgan fingerprint density at radius 2 is 2.17 bits per heavy atom. The van der Waals surface area contributed by atoms with E-state index in [0.29, 0.717) is 0 Å². The van der Waals surface area contributed by atoms with Gasteiger partial charge in [0.15, 0.2) is 0 Å². The van der Waals surface area contributed by atoms with Crippen LogP contribution in [0.25, 0.3) is 0 Å². The van der Waals surface area contributed by atoms with Crippen molar-refractivity contribution in [3.63, 3.8) is 0 Å². The highest BCUT2D eigenvalue weighted by molar-refractivity contribution is 5.65. The maximum absolute atomic E-state index is 10.4. The van der Waals surface area contributed by atoms with Crippen LogP contribution in [0, 0.1) is 5.41 Å². The molecule has 0 fully saturated rings. The Labute approximate surface area is 71.8 Å². The molecular weight excluding hydrogens is 154 g/mol. The minimum atomic E-state index is -0.979. The van der Waals surface area contributed by atoms with Crippen molar-refractivity contribution in [3.05, 3.63) is 24.3 Å². The Morgan fingerprint density at radius 1 is 1.50 bits per heavy atom. The predicted molar refractivity (Wildman–Crippen MR) is 47.0 cm³/mol. The van der Waals surface area contributed by atoms with Crippen molar-refractivity contribution >= 4 is 6.09 Å². The van der Waals surface area contributed by atoms with Crippen LogP contribution < -0.4 is 5.32 Å². The topological polar surface area (TPSA) is 49.3 Å². The van der Waals surface area contributed by atoms with Crippen LogP contribution in [-0.4, -0.2) is 17.2 Å². The number of carbonyl (C=O) groups is 1. The van der Waals surface area contributed by atoms with Gasteiger partial charge in [0.2, 0.25) is 0 Å². The molecule has 1 rings (SSSR count). The van der Waals surface area contributed by atoms with Gasteiger partial charge < -0.3 is 10.4 Å².